The number of carboxylic acid groups (broad SMARTS) is 1. The average Bonchev–Trinajstić information content (AvgIpc) is 2.46. The van der Waals surface area contributed by atoms with Crippen molar-refractivity contribution in [3.63, 3.8) is 0 Å². The zero-order valence-electron chi connectivity index (χ0n) is 14.3. The zero-order valence-corrected chi connectivity index (χ0v) is 14.3. The molecule has 2 rings (SSSR count). The summed E-state index contributed by atoms with van der Waals surface area (Å²) in [4.78, 5) is 13.6. The second-order valence-electron chi connectivity index (χ2n) is 7.40. The molecule has 0 fully saturated rings. The number of amides is 1. The third kappa shape index (κ3) is 4.14. The van der Waals surface area contributed by atoms with Gasteiger partial charge in [0.05, 0.1) is 6.04 Å². The molecule has 126 valence electrons. The van der Waals surface area contributed by atoms with Crippen molar-refractivity contribution in [3.05, 3.63) is 42.5 Å². The minimum atomic E-state index is -0.935. The molecule has 0 bridgehead atoms. The van der Waals surface area contributed by atoms with Gasteiger partial charge in [-0.2, -0.15) is 0 Å². The van der Waals surface area contributed by atoms with Gasteiger partial charge in [-0.25, -0.2) is 4.79 Å². The number of carbonyl (C=O) groups is 1. The largest absolute Gasteiger partial charge is 0.465 e. The number of benzene rings is 1. The van der Waals surface area contributed by atoms with Crippen molar-refractivity contribution in [2.75, 3.05) is 4.90 Å². The minimum absolute atomic E-state index is 0.0353. The molecule has 0 aliphatic heterocycles. The van der Waals surface area contributed by atoms with E-state index >= 15 is 0 Å². The predicted octanol–water partition coefficient (Wildman–Crippen LogP) is 4.27. The smallest absolute Gasteiger partial charge is 0.412 e. The van der Waals surface area contributed by atoms with Gasteiger partial charge in [0.15, 0.2) is 0 Å². The van der Waals surface area contributed by atoms with E-state index in [1.165, 1.54) is 4.90 Å². The Kier molecular flexibility index (Phi) is 5.47. The molecule has 0 radical (unpaired) electrons. The van der Waals surface area contributed by atoms with E-state index in [0.29, 0.717) is 5.69 Å². The maximum Gasteiger partial charge on any atom is 0.412 e. The number of nitrogens with zero attached hydrogens (tertiary/aromatic N) is 1. The van der Waals surface area contributed by atoms with E-state index in [9.17, 15) is 9.90 Å². The summed E-state index contributed by atoms with van der Waals surface area (Å²) in [7, 11) is 0. The lowest BCUT2D eigenvalue weighted by molar-refractivity contribution is 0.157. The summed E-state index contributed by atoms with van der Waals surface area (Å²) in [5, 5.41) is 9.89. The molecule has 0 saturated carbocycles. The lowest BCUT2D eigenvalue weighted by Gasteiger charge is -2.45. The fraction of sp³-hybridized carbons (Fsp3) is 0.526. The van der Waals surface area contributed by atoms with Gasteiger partial charge < -0.3 is 10.8 Å². The van der Waals surface area contributed by atoms with Crippen LogP contribution in [-0.4, -0.2) is 23.3 Å². The van der Waals surface area contributed by atoms with E-state index in [1.54, 1.807) is 0 Å². The van der Waals surface area contributed by atoms with Crippen LogP contribution in [-0.2, 0) is 0 Å². The van der Waals surface area contributed by atoms with Crippen molar-refractivity contribution in [3.8, 4) is 0 Å². The molecular weight excluding hydrogens is 288 g/mol. The first-order valence-corrected chi connectivity index (χ1v) is 8.30. The number of rotatable bonds is 2. The lowest BCUT2D eigenvalue weighted by Crippen LogP contribution is -2.57. The highest BCUT2D eigenvalue weighted by molar-refractivity contribution is 5.87. The number of hydrogen-bond donors (Lipinski definition) is 2. The van der Waals surface area contributed by atoms with E-state index < -0.39 is 6.09 Å². The molecule has 1 aromatic rings. The fourth-order valence-electron chi connectivity index (χ4n) is 3.49. The molecule has 0 aromatic heterocycles. The van der Waals surface area contributed by atoms with Crippen LogP contribution in [0.1, 0.15) is 40.0 Å². The number of nitrogens with two attached hydrogens (primary N) is 1. The first-order valence-electron chi connectivity index (χ1n) is 8.30. The molecular formula is C19H28N2O2. The Morgan fingerprint density at radius 2 is 1.87 bits per heavy atom. The molecule has 1 amide bonds. The fourth-order valence-corrected chi connectivity index (χ4v) is 3.49. The van der Waals surface area contributed by atoms with Crippen molar-refractivity contribution >= 4 is 11.8 Å². The minimum Gasteiger partial charge on any atom is -0.465 e. The zero-order chi connectivity index (χ0) is 17.0. The first-order chi connectivity index (χ1) is 10.8. The normalized spacial score (nSPS) is 26.9. The summed E-state index contributed by atoms with van der Waals surface area (Å²) in [6.45, 7) is 6.49. The molecule has 4 heteroatoms. The molecule has 0 spiro atoms. The molecule has 1 aromatic carbocycles. The summed E-state index contributed by atoms with van der Waals surface area (Å²) in [5.74, 6) is 0.158. The van der Waals surface area contributed by atoms with Crippen LogP contribution in [0, 0.1) is 11.3 Å². The molecule has 1 aliphatic rings. The Morgan fingerprint density at radius 1 is 1.22 bits per heavy atom. The van der Waals surface area contributed by atoms with Crippen molar-refractivity contribution in [1.82, 2.24) is 0 Å². The van der Waals surface area contributed by atoms with E-state index in [2.05, 4.69) is 32.9 Å². The second-order valence-corrected chi connectivity index (χ2v) is 7.40. The highest BCUT2D eigenvalue weighted by Crippen LogP contribution is 2.38. The molecule has 3 unspecified atom stereocenters. The molecule has 1 aliphatic carbocycles. The Hall–Kier alpha value is -1.81. The van der Waals surface area contributed by atoms with Gasteiger partial charge in [0.2, 0.25) is 0 Å². The highest BCUT2D eigenvalue weighted by atomic mass is 16.4. The summed E-state index contributed by atoms with van der Waals surface area (Å²) >= 11 is 0. The van der Waals surface area contributed by atoms with Crippen LogP contribution in [0.4, 0.5) is 10.5 Å². The van der Waals surface area contributed by atoms with Gasteiger partial charge in [-0.05, 0) is 42.7 Å². The van der Waals surface area contributed by atoms with Gasteiger partial charge in [-0.3, -0.25) is 4.90 Å². The maximum atomic E-state index is 12.1. The standard InChI is InChI=1S/C19H28N2O2/c1-19(2,3)15-12-8-5-9-13-16(20)17(15)21(18(22)23)14-10-6-4-7-11-14/h4-8,10-11,15-17H,9,12-13,20H2,1-3H3,(H,22,23)/b8-5+. The van der Waals surface area contributed by atoms with Crippen LogP contribution in [0.3, 0.4) is 0 Å². The van der Waals surface area contributed by atoms with Crippen molar-refractivity contribution in [1.29, 1.82) is 0 Å². The van der Waals surface area contributed by atoms with Crippen molar-refractivity contribution in [2.24, 2.45) is 17.1 Å². The van der Waals surface area contributed by atoms with E-state index in [-0.39, 0.29) is 23.4 Å². The van der Waals surface area contributed by atoms with E-state index in [1.807, 2.05) is 30.3 Å². The third-order valence-corrected chi connectivity index (χ3v) is 4.73. The monoisotopic (exact) mass is 316 g/mol. The van der Waals surface area contributed by atoms with Crippen molar-refractivity contribution < 1.29 is 9.90 Å². The van der Waals surface area contributed by atoms with Gasteiger partial charge in [0, 0.05) is 11.7 Å². The molecule has 0 saturated heterocycles. The summed E-state index contributed by atoms with van der Waals surface area (Å²) in [6, 6.07) is 8.90. The quantitative estimate of drug-likeness (QED) is 0.801. The molecule has 4 nitrogen and oxygen atoms in total. The number of para-hydroxylation sites is 1. The summed E-state index contributed by atoms with van der Waals surface area (Å²) in [5.41, 5.74) is 7.13. The van der Waals surface area contributed by atoms with Crippen LogP contribution < -0.4 is 10.6 Å². The number of allylic oxidation sites excluding steroid dienone is 2. The second kappa shape index (κ2) is 7.18. The molecule has 0 heterocycles. The average molecular weight is 316 g/mol. The van der Waals surface area contributed by atoms with E-state index in [0.717, 1.165) is 19.3 Å². The molecule has 3 atom stereocenters. The van der Waals surface area contributed by atoms with Gasteiger partial charge >= 0.3 is 6.09 Å². The Morgan fingerprint density at radius 3 is 2.43 bits per heavy atom. The Balaban J connectivity index is 2.50. The molecule has 3 N–H and O–H groups in total. The molecule has 23 heavy (non-hydrogen) atoms. The van der Waals surface area contributed by atoms with Crippen LogP contribution in [0.25, 0.3) is 0 Å². The topological polar surface area (TPSA) is 66.6 Å². The van der Waals surface area contributed by atoms with Gasteiger partial charge in [0.25, 0.3) is 0 Å². The van der Waals surface area contributed by atoms with Gasteiger partial charge in [0.1, 0.15) is 0 Å². The summed E-state index contributed by atoms with van der Waals surface area (Å²) < 4.78 is 0. The van der Waals surface area contributed by atoms with Crippen LogP contribution in [0.2, 0.25) is 0 Å². The van der Waals surface area contributed by atoms with E-state index in [4.69, 9.17) is 5.73 Å². The Labute approximate surface area is 139 Å². The Bertz CT molecular complexity index is 548. The number of anilines is 1. The van der Waals surface area contributed by atoms with Gasteiger partial charge in [-0.15, -0.1) is 0 Å². The highest BCUT2D eigenvalue weighted by Gasteiger charge is 2.41. The van der Waals surface area contributed by atoms with Crippen LogP contribution in [0.15, 0.2) is 42.5 Å². The summed E-state index contributed by atoms with van der Waals surface area (Å²) in [6.07, 6.45) is 5.96. The van der Waals surface area contributed by atoms with Gasteiger partial charge in [-0.1, -0.05) is 51.1 Å². The van der Waals surface area contributed by atoms with Crippen LogP contribution >= 0.6 is 0 Å². The first kappa shape index (κ1) is 17.5. The number of hydrogen-bond acceptors (Lipinski definition) is 2. The van der Waals surface area contributed by atoms with Crippen LogP contribution in [0.5, 0.6) is 0 Å². The SMILES string of the molecule is CC(C)(C)C1C/C=C/CCC(N)C1N(C(=O)O)c1ccccc1. The maximum absolute atomic E-state index is 12.1. The third-order valence-electron chi connectivity index (χ3n) is 4.73. The van der Waals surface area contributed by atoms with Crippen molar-refractivity contribution in [2.45, 2.75) is 52.1 Å². The predicted molar refractivity (Wildman–Crippen MR) is 94.6 cm³/mol. The lowest BCUT2D eigenvalue weighted by atomic mass is 9.70.